The van der Waals surface area contributed by atoms with Crippen molar-refractivity contribution >= 4 is 35.5 Å². The van der Waals surface area contributed by atoms with E-state index >= 15 is 0 Å². The maximum Gasteiger partial charge on any atom is 0.471 e. The lowest BCUT2D eigenvalue weighted by atomic mass is 9.89. The van der Waals surface area contributed by atoms with E-state index in [4.69, 9.17) is 4.74 Å². The first-order chi connectivity index (χ1) is 14.1. The van der Waals surface area contributed by atoms with Gasteiger partial charge in [0.25, 0.3) is 0 Å². The number of ether oxygens (including phenoxy) is 1. The second-order valence-electron chi connectivity index (χ2n) is 6.77. The molecule has 1 aromatic carbocycles. The monoisotopic (exact) mass is 446 g/mol. The number of halogens is 3. The molecule has 2 aliphatic heterocycles. The van der Waals surface area contributed by atoms with E-state index in [0.29, 0.717) is 5.56 Å². The van der Waals surface area contributed by atoms with E-state index < -0.39 is 53.3 Å². The van der Waals surface area contributed by atoms with Crippen LogP contribution in [0.5, 0.6) is 0 Å². The molecule has 0 radical (unpaired) electrons. The maximum absolute atomic E-state index is 12.8. The van der Waals surface area contributed by atoms with Crippen LogP contribution in [0.1, 0.15) is 12.0 Å². The van der Waals surface area contributed by atoms with Crippen LogP contribution in [0.4, 0.5) is 13.2 Å². The summed E-state index contributed by atoms with van der Waals surface area (Å²) in [7, 11) is 0. The summed E-state index contributed by atoms with van der Waals surface area (Å²) in [6.07, 6.45) is -5.42. The zero-order chi connectivity index (χ0) is 22.1. The first kappa shape index (κ1) is 21.9. The van der Waals surface area contributed by atoms with Crippen LogP contribution in [-0.4, -0.2) is 63.1 Å². The molecule has 162 valence electrons. The van der Waals surface area contributed by atoms with Crippen LogP contribution in [0.3, 0.4) is 0 Å². The fraction of sp³-hybridized carbons (Fsp3) is 0.444. The number of benzene rings is 1. The van der Waals surface area contributed by atoms with Crippen LogP contribution in [0.2, 0.25) is 0 Å². The number of thioether (sulfide) groups is 1. The quantitative estimate of drug-likeness (QED) is 0.653. The Hall–Kier alpha value is -2.76. The molecule has 0 unspecified atom stereocenters. The number of hydrogen-bond acceptors (Lipinski definition) is 6. The van der Waals surface area contributed by atoms with Gasteiger partial charge in [-0.1, -0.05) is 30.3 Å². The standard InChI is InChI=1S/C18H17F3N2O6S/c19-18(20,21)17(28)22-13-10(16(27)29-7-9-4-2-1-3-5-9)6-12-23(14(13)24)11(8-30-12)15(25)26/h1-5,10-13H,6-8H2,(H,22,28)(H,25,26)/t10-,11+,12-,13+/m1/s1. The second kappa shape index (κ2) is 8.54. The van der Waals surface area contributed by atoms with Gasteiger partial charge < -0.3 is 20.1 Å². The molecule has 30 heavy (non-hydrogen) atoms. The van der Waals surface area contributed by atoms with Crippen molar-refractivity contribution in [3.8, 4) is 0 Å². The zero-order valence-corrected chi connectivity index (χ0v) is 16.1. The summed E-state index contributed by atoms with van der Waals surface area (Å²) >= 11 is 1.11. The molecular formula is C18H17F3N2O6S. The van der Waals surface area contributed by atoms with Crippen molar-refractivity contribution in [1.82, 2.24) is 10.2 Å². The first-order valence-electron chi connectivity index (χ1n) is 8.84. The molecule has 8 nitrogen and oxygen atoms in total. The van der Waals surface area contributed by atoms with Gasteiger partial charge >= 0.3 is 24.0 Å². The fourth-order valence-corrected chi connectivity index (χ4v) is 4.83. The van der Waals surface area contributed by atoms with Crippen molar-refractivity contribution in [1.29, 1.82) is 0 Å². The molecule has 2 heterocycles. The fourth-order valence-electron chi connectivity index (χ4n) is 3.37. The minimum Gasteiger partial charge on any atom is -0.480 e. The largest absolute Gasteiger partial charge is 0.480 e. The highest BCUT2D eigenvalue weighted by molar-refractivity contribution is 8.00. The van der Waals surface area contributed by atoms with Gasteiger partial charge in [0.15, 0.2) is 0 Å². The third kappa shape index (κ3) is 4.53. The number of aliphatic carboxylic acids is 1. The van der Waals surface area contributed by atoms with Gasteiger partial charge in [-0.3, -0.25) is 14.4 Å². The summed E-state index contributed by atoms with van der Waals surface area (Å²) in [5, 5.41) is 10.1. The van der Waals surface area contributed by atoms with Gasteiger partial charge in [-0.2, -0.15) is 13.2 Å². The Morgan fingerprint density at radius 2 is 1.90 bits per heavy atom. The molecule has 2 amide bonds. The summed E-state index contributed by atoms with van der Waals surface area (Å²) in [6.45, 7) is -0.163. The highest BCUT2D eigenvalue weighted by atomic mass is 32.2. The van der Waals surface area contributed by atoms with E-state index in [9.17, 15) is 37.5 Å². The number of hydrogen-bond donors (Lipinski definition) is 2. The summed E-state index contributed by atoms with van der Waals surface area (Å²) < 4.78 is 43.4. The number of carboxylic acid groups (broad SMARTS) is 1. The molecule has 12 heteroatoms. The Balaban J connectivity index is 1.81. The SMILES string of the molecule is O=C(OCc1ccccc1)[C@@H]1C[C@H]2SC[C@@H](C(=O)O)N2C(=O)[C@H]1NC(=O)C(F)(F)F. The van der Waals surface area contributed by atoms with Gasteiger partial charge in [0, 0.05) is 5.75 Å². The lowest BCUT2D eigenvalue weighted by Gasteiger charge is -2.40. The van der Waals surface area contributed by atoms with E-state index in [1.54, 1.807) is 35.6 Å². The third-order valence-electron chi connectivity index (χ3n) is 4.83. The van der Waals surface area contributed by atoms with Gasteiger partial charge in [0.05, 0.1) is 11.3 Å². The number of carbonyl (C=O) groups excluding carboxylic acids is 3. The first-order valence-corrected chi connectivity index (χ1v) is 9.89. The van der Waals surface area contributed by atoms with Crippen molar-refractivity contribution in [2.24, 2.45) is 5.92 Å². The van der Waals surface area contributed by atoms with E-state index in [1.807, 2.05) is 0 Å². The maximum atomic E-state index is 12.8. The van der Waals surface area contributed by atoms with Crippen LogP contribution in [0, 0.1) is 5.92 Å². The lowest BCUT2D eigenvalue weighted by Crippen LogP contribution is -2.63. The molecule has 2 saturated heterocycles. The Kier molecular flexibility index (Phi) is 6.25. The number of amides is 2. The van der Waals surface area contributed by atoms with Crippen molar-refractivity contribution < 1.29 is 42.2 Å². The van der Waals surface area contributed by atoms with Crippen molar-refractivity contribution in [3.05, 3.63) is 35.9 Å². The van der Waals surface area contributed by atoms with E-state index in [0.717, 1.165) is 16.7 Å². The molecular weight excluding hydrogens is 429 g/mol. The summed E-state index contributed by atoms with van der Waals surface area (Å²) in [5.41, 5.74) is 0.631. The van der Waals surface area contributed by atoms with Crippen molar-refractivity contribution in [2.75, 3.05) is 5.75 Å². The molecule has 2 N–H and O–H groups in total. The van der Waals surface area contributed by atoms with Gasteiger partial charge in [-0.05, 0) is 12.0 Å². The molecule has 1 aromatic rings. The summed E-state index contributed by atoms with van der Waals surface area (Å²) in [6, 6.07) is 5.39. The number of esters is 1. The predicted octanol–water partition coefficient (Wildman–Crippen LogP) is 1.15. The average Bonchev–Trinajstić information content (AvgIpc) is 3.12. The summed E-state index contributed by atoms with van der Waals surface area (Å²) in [5.74, 6) is -7.06. The normalized spacial score (nSPS) is 26.1. The minimum atomic E-state index is -5.28. The number of piperidine rings is 1. The van der Waals surface area contributed by atoms with Crippen LogP contribution >= 0.6 is 11.8 Å². The van der Waals surface area contributed by atoms with Crippen molar-refractivity contribution in [2.45, 2.75) is 36.7 Å². The molecule has 3 rings (SSSR count). The zero-order valence-electron chi connectivity index (χ0n) is 15.3. The van der Waals surface area contributed by atoms with Gasteiger partial charge in [-0.15, -0.1) is 11.8 Å². The molecule has 4 atom stereocenters. The smallest absolute Gasteiger partial charge is 0.471 e. The van der Waals surface area contributed by atoms with Gasteiger partial charge in [-0.25, -0.2) is 4.79 Å². The van der Waals surface area contributed by atoms with Crippen LogP contribution < -0.4 is 5.32 Å². The predicted molar refractivity (Wildman–Crippen MR) is 96.8 cm³/mol. The third-order valence-corrected chi connectivity index (χ3v) is 6.14. The lowest BCUT2D eigenvalue weighted by molar-refractivity contribution is -0.178. The highest BCUT2D eigenvalue weighted by Gasteiger charge is 2.54. The Labute approximate surface area is 172 Å². The average molecular weight is 446 g/mol. The van der Waals surface area contributed by atoms with Crippen molar-refractivity contribution in [3.63, 3.8) is 0 Å². The topological polar surface area (TPSA) is 113 Å². The molecule has 0 bridgehead atoms. The molecule has 0 aromatic heterocycles. The summed E-state index contributed by atoms with van der Waals surface area (Å²) in [4.78, 5) is 49.2. The van der Waals surface area contributed by atoms with Crippen LogP contribution in [-0.2, 0) is 30.5 Å². The van der Waals surface area contributed by atoms with E-state index in [-0.39, 0.29) is 18.8 Å². The highest BCUT2D eigenvalue weighted by Crippen LogP contribution is 2.39. The molecule has 0 saturated carbocycles. The van der Waals surface area contributed by atoms with Gasteiger partial charge in [0.2, 0.25) is 5.91 Å². The van der Waals surface area contributed by atoms with Crippen LogP contribution in [0.15, 0.2) is 30.3 Å². The second-order valence-corrected chi connectivity index (χ2v) is 7.98. The van der Waals surface area contributed by atoms with Gasteiger partial charge in [0.1, 0.15) is 18.7 Å². The number of alkyl halides is 3. The molecule has 2 fully saturated rings. The molecule has 0 spiro atoms. The number of nitrogens with one attached hydrogen (secondary N) is 1. The number of carboxylic acids is 1. The minimum absolute atomic E-state index is 0.0253. The number of carbonyl (C=O) groups is 4. The Bertz CT molecular complexity index is 850. The van der Waals surface area contributed by atoms with E-state index in [2.05, 4.69) is 0 Å². The number of nitrogens with zero attached hydrogens (tertiary/aromatic N) is 1. The Morgan fingerprint density at radius 3 is 2.50 bits per heavy atom. The Morgan fingerprint density at radius 1 is 1.23 bits per heavy atom. The van der Waals surface area contributed by atoms with Crippen LogP contribution in [0.25, 0.3) is 0 Å². The number of fused-ring (bicyclic) bond motifs is 1. The molecule has 2 aliphatic rings. The number of rotatable bonds is 5. The molecule has 0 aliphatic carbocycles. The van der Waals surface area contributed by atoms with E-state index in [1.165, 1.54) is 0 Å².